The predicted molar refractivity (Wildman–Crippen MR) is 113 cm³/mol. The molecule has 28 heavy (non-hydrogen) atoms. The van der Waals surface area contributed by atoms with Gasteiger partial charge in [0.15, 0.2) is 0 Å². The maximum Gasteiger partial charge on any atom is 0.263 e. The fourth-order valence-electron chi connectivity index (χ4n) is 4.55. The second kappa shape index (κ2) is 8.91. The van der Waals surface area contributed by atoms with Crippen molar-refractivity contribution >= 4 is 23.2 Å². The molecule has 2 aliphatic rings. The van der Waals surface area contributed by atoms with Gasteiger partial charge >= 0.3 is 0 Å². The standard InChI is InChI=1S/C23H28N2O2S/c26-22(19-8-4-14-25(16-19)23(27)21-9-5-15-28-21)24-20-12-10-18(11-13-20)17-6-2-1-3-7-17/h1-3,5-7,9,15,18-20H,4,8,10-14,16H2,(H,24,26). The Morgan fingerprint density at radius 2 is 1.75 bits per heavy atom. The Balaban J connectivity index is 1.27. The molecule has 2 aromatic rings. The molecule has 1 atom stereocenters. The number of carbonyl (C=O) groups excluding carboxylic acids is 2. The molecule has 148 valence electrons. The number of amides is 2. The predicted octanol–water partition coefficient (Wildman–Crippen LogP) is 4.44. The molecule has 1 N–H and O–H groups in total. The molecule has 4 rings (SSSR count). The average Bonchev–Trinajstić information content (AvgIpc) is 3.29. The maximum absolute atomic E-state index is 12.8. The van der Waals surface area contributed by atoms with Crippen molar-refractivity contribution in [2.24, 2.45) is 5.92 Å². The van der Waals surface area contributed by atoms with E-state index in [9.17, 15) is 9.59 Å². The van der Waals surface area contributed by atoms with Crippen molar-refractivity contribution in [1.29, 1.82) is 0 Å². The minimum absolute atomic E-state index is 0.0656. The molecule has 0 radical (unpaired) electrons. The Bertz CT molecular complexity index is 782. The minimum Gasteiger partial charge on any atom is -0.353 e. The second-order valence-electron chi connectivity index (χ2n) is 8.04. The molecule has 2 heterocycles. The zero-order valence-corrected chi connectivity index (χ0v) is 17.0. The van der Waals surface area contributed by atoms with Crippen LogP contribution in [-0.2, 0) is 4.79 Å². The van der Waals surface area contributed by atoms with E-state index in [4.69, 9.17) is 0 Å². The van der Waals surface area contributed by atoms with E-state index in [1.165, 1.54) is 16.9 Å². The summed E-state index contributed by atoms with van der Waals surface area (Å²) in [6.07, 6.45) is 6.10. The summed E-state index contributed by atoms with van der Waals surface area (Å²) in [6.45, 7) is 1.30. The van der Waals surface area contributed by atoms with Crippen LogP contribution in [0.5, 0.6) is 0 Å². The number of carbonyl (C=O) groups is 2. The fraction of sp³-hybridized carbons (Fsp3) is 0.478. The minimum atomic E-state index is -0.0792. The van der Waals surface area contributed by atoms with Crippen LogP contribution in [0.1, 0.15) is 59.7 Å². The Hall–Kier alpha value is -2.14. The van der Waals surface area contributed by atoms with Crippen LogP contribution >= 0.6 is 11.3 Å². The van der Waals surface area contributed by atoms with Gasteiger partial charge in [0.05, 0.1) is 10.8 Å². The van der Waals surface area contributed by atoms with Crippen LogP contribution in [0.4, 0.5) is 0 Å². The fourth-order valence-corrected chi connectivity index (χ4v) is 5.24. The topological polar surface area (TPSA) is 49.4 Å². The molecular weight excluding hydrogens is 368 g/mol. The second-order valence-corrected chi connectivity index (χ2v) is 8.98. The summed E-state index contributed by atoms with van der Waals surface area (Å²) in [5, 5.41) is 5.20. The molecule has 1 aliphatic carbocycles. The number of nitrogens with one attached hydrogen (secondary N) is 1. The van der Waals surface area contributed by atoms with Crippen LogP contribution in [0.2, 0.25) is 0 Å². The molecule has 1 aliphatic heterocycles. The lowest BCUT2D eigenvalue weighted by molar-refractivity contribution is -0.127. The highest BCUT2D eigenvalue weighted by atomic mass is 32.1. The number of piperidine rings is 1. The van der Waals surface area contributed by atoms with Crippen LogP contribution < -0.4 is 5.32 Å². The number of nitrogens with zero attached hydrogens (tertiary/aromatic N) is 1. The Morgan fingerprint density at radius 1 is 0.964 bits per heavy atom. The first-order valence-electron chi connectivity index (χ1n) is 10.4. The van der Waals surface area contributed by atoms with Crippen molar-refractivity contribution in [2.75, 3.05) is 13.1 Å². The van der Waals surface area contributed by atoms with Crippen molar-refractivity contribution in [3.05, 3.63) is 58.3 Å². The first-order chi connectivity index (χ1) is 13.7. The molecule has 5 heteroatoms. The molecule has 1 aromatic carbocycles. The normalized spacial score (nSPS) is 25.3. The van der Waals surface area contributed by atoms with E-state index in [1.54, 1.807) is 0 Å². The molecule has 1 saturated carbocycles. The third-order valence-corrected chi connectivity index (χ3v) is 7.01. The average molecular weight is 397 g/mol. The molecule has 1 aromatic heterocycles. The number of thiophene rings is 1. The van der Waals surface area contributed by atoms with E-state index in [0.717, 1.165) is 49.9 Å². The van der Waals surface area contributed by atoms with E-state index in [0.29, 0.717) is 12.5 Å². The van der Waals surface area contributed by atoms with E-state index in [1.807, 2.05) is 22.4 Å². The molecule has 2 fully saturated rings. The van der Waals surface area contributed by atoms with Gasteiger partial charge in [-0.1, -0.05) is 36.4 Å². The molecule has 2 amide bonds. The first kappa shape index (κ1) is 19.2. The van der Waals surface area contributed by atoms with Gasteiger partial charge in [-0.3, -0.25) is 9.59 Å². The highest BCUT2D eigenvalue weighted by molar-refractivity contribution is 7.12. The number of rotatable bonds is 4. The molecular formula is C23H28N2O2S. The van der Waals surface area contributed by atoms with Crippen LogP contribution in [0.25, 0.3) is 0 Å². The lowest BCUT2D eigenvalue weighted by Crippen LogP contribution is -2.48. The van der Waals surface area contributed by atoms with Gasteiger partial charge in [-0.2, -0.15) is 0 Å². The molecule has 0 spiro atoms. The van der Waals surface area contributed by atoms with Gasteiger partial charge in [0, 0.05) is 19.1 Å². The molecule has 0 bridgehead atoms. The Labute approximate surface area is 170 Å². The van der Waals surface area contributed by atoms with Crippen molar-refractivity contribution in [3.8, 4) is 0 Å². The third-order valence-electron chi connectivity index (χ3n) is 6.16. The highest BCUT2D eigenvalue weighted by Crippen LogP contribution is 2.33. The number of likely N-dealkylation sites (tertiary alicyclic amines) is 1. The van der Waals surface area contributed by atoms with Crippen molar-refractivity contribution in [3.63, 3.8) is 0 Å². The van der Waals surface area contributed by atoms with E-state index < -0.39 is 0 Å². The summed E-state index contributed by atoms with van der Waals surface area (Å²) in [7, 11) is 0. The highest BCUT2D eigenvalue weighted by Gasteiger charge is 2.31. The Kier molecular flexibility index (Phi) is 6.10. The third kappa shape index (κ3) is 4.46. The smallest absolute Gasteiger partial charge is 0.263 e. The lowest BCUT2D eigenvalue weighted by Gasteiger charge is -2.34. The first-order valence-corrected chi connectivity index (χ1v) is 11.3. The summed E-state index contributed by atoms with van der Waals surface area (Å²) in [4.78, 5) is 28.0. The van der Waals surface area contributed by atoms with Gasteiger partial charge in [-0.15, -0.1) is 11.3 Å². The largest absolute Gasteiger partial charge is 0.353 e. The van der Waals surface area contributed by atoms with Gasteiger partial charge < -0.3 is 10.2 Å². The quantitative estimate of drug-likeness (QED) is 0.830. The van der Waals surface area contributed by atoms with Gasteiger partial charge in [0.25, 0.3) is 5.91 Å². The summed E-state index contributed by atoms with van der Waals surface area (Å²) in [5.41, 5.74) is 1.42. The van der Waals surface area contributed by atoms with Crippen molar-refractivity contribution < 1.29 is 9.59 Å². The van der Waals surface area contributed by atoms with Gasteiger partial charge in [0.2, 0.25) is 5.91 Å². The lowest BCUT2D eigenvalue weighted by atomic mass is 9.81. The van der Waals surface area contributed by atoms with Crippen molar-refractivity contribution in [1.82, 2.24) is 10.2 Å². The van der Waals surface area contributed by atoms with Crippen LogP contribution in [0.15, 0.2) is 47.8 Å². The number of benzene rings is 1. The number of hydrogen-bond donors (Lipinski definition) is 1. The number of hydrogen-bond acceptors (Lipinski definition) is 3. The van der Waals surface area contributed by atoms with Crippen LogP contribution in [-0.4, -0.2) is 35.8 Å². The molecule has 1 unspecified atom stereocenters. The van der Waals surface area contributed by atoms with E-state index >= 15 is 0 Å². The van der Waals surface area contributed by atoms with Crippen LogP contribution in [0, 0.1) is 5.92 Å². The van der Waals surface area contributed by atoms with Crippen LogP contribution in [0.3, 0.4) is 0 Å². The SMILES string of the molecule is O=C(NC1CCC(c2ccccc2)CC1)C1CCCN(C(=O)c2cccs2)C1. The summed E-state index contributed by atoms with van der Waals surface area (Å²) < 4.78 is 0. The maximum atomic E-state index is 12.8. The zero-order chi connectivity index (χ0) is 19.3. The Morgan fingerprint density at radius 3 is 2.46 bits per heavy atom. The molecule has 4 nitrogen and oxygen atoms in total. The van der Waals surface area contributed by atoms with Gasteiger partial charge in [0.1, 0.15) is 0 Å². The summed E-state index contributed by atoms with van der Waals surface area (Å²) >= 11 is 1.47. The summed E-state index contributed by atoms with van der Waals surface area (Å²) in [5.74, 6) is 0.732. The molecule has 1 saturated heterocycles. The monoisotopic (exact) mass is 396 g/mol. The van der Waals surface area contributed by atoms with E-state index in [2.05, 4.69) is 35.6 Å². The zero-order valence-electron chi connectivity index (χ0n) is 16.2. The van der Waals surface area contributed by atoms with Crippen molar-refractivity contribution in [2.45, 2.75) is 50.5 Å². The van der Waals surface area contributed by atoms with Gasteiger partial charge in [-0.25, -0.2) is 0 Å². The summed E-state index contributed by atoms with van der Waals surface area (Å²) in [6, 6.07) is 14.7. The van der Waals surface area contributed by atoms with Gasteiger partial charge in [-0.05, 0) is 61.5 Å². The van der Waals surface area contributed by atoms with E-state index in [-0.39, 0.29) is 23.8 Å².